The molecule has 2 aromatic carbocycles. The van der Waals surface area contributed by atoms with Crippen LogP contribution in [0.15, 0.2) is 54.6 Å². The number of carboxylic acids is 1. The Balaban J connectivity index is 1.60. The lowest BCUT2D eigenvalue weighted by molar-refractivity contribution is -0.148. The highest BCUT2D eigenvalue weighted by molar-refractivity contribution is 5.82. The molecule has 1 aliphatic rings. The van der Waals surface area contributed by atoms with E-state index in [9.17, 15) is 14.7 Å². The smallest absolute Gasteiger partial charge is 0.314 e. The molecule has 1 amide bonds. The molecular weight excluding hydrogens is 342 g/mol. The number of amides is 1. The molecule has 27 heavy (non-hydrogen) atoms. The summed E-state index contributed by atoms with van der Waals surface area (Å²) < 4.78 is 5.21. The van der Waals surface area contributed by atoms with Crippen LogP contribution in [-0.4, -0.2) is 42.1 Å². The molecule has 0 bridgehead atoms. The van der Waals surface area contributed by atoms with Gasteiger partial charge in [0.25, 0.3) is 0 Å². The molecule has 1 aliphatic heterocycles. The minimum atomic E-state index is -0.898. The molecule has 5 nitrogen and oxygen atoms in total. The van der Waals surface area contributed by atoms with Gasteiger partial charge in [0.2, 0.25) is 5.91 Å². The van der Waals surface area contributed by atoms with Crippen molar-refractivity contribution in [1.29, 1.82) is 0 Å². The number of methoxy groups -OCH3 is 1. The van der Waals surface area contributed by atoms with Crippen LogP contribution in [-0.2, 0) is 21.4 Å². The Kier molecular flexibility index (Phi) is 5.79. The Hall–Kier alpha value is -2.82. The van der Waals surface area contributed by atoms with E-state index in [1.807, 2.05) is 54.6 Å². The molecule has 0 atom stereocenters. The lowest BCUT2D eigenvalue weighted by Crippen LogP contribution is -2.49. The van der Waals surface area contributed by atoms with Crippen LogP contribution < -0.4 is 4.74 Å². The van der Waals surface area contributed by atoms with Crippen molar-refractivity contribution in [3.63, 3.8) is 0 Å². The minimum Gasteiger partial charge on any atom is -0.497 e. The number of ether oxygens (including phenoxy) is 1. The highest BCUT2D eigenvalue weighted by Gasteiger charge is 2.43. The Bertz CT molecular complexity index is 795. The van der Waals surface area contributed by atoms with Crippen molar-refractivity contribution >= 4 is 11.9 Å². The first-order valence-corrected chi connectivity index (χ1v) is 9.25. The Morgan fingerprint density at radius 2 is 1.78 bits per heavy atom. The average molecular weight is 367 g/mol. The van der Waals surface area contributed by atoms with Crippen molar-refractivity contribution in [3.05, 3.63) is 65.7 Å². The van der Waals surface area contributed by atoms with Gasteiger partial charge >= 0.3 is 5.97 Å². The molecule has 5 heteroatoms. The molecule has 1 N–H and O–H groups in total. The fourth-order valence-corrected chi connectivity index (χ4v) is 3.76. The number of aliphatic carboxylic acids is 1. The number of piperidine rings is 1. The molecule has 3 rings (SSSR count). The molecule has 0 saturated carbocycles. The number of carboxylic acid groups (broad SMARTS) is 1. The van der Waals surface area contributed by atoms with Crippen molar-refractivity contribution in [2.75, 3.05) is 20.2 Å². The molecule has 0 spiro atoms. The number of rotatable bonds is 6. The maximum absolute atomic E-state index is 12.6. The summed E-state index contributed by atoms with van der Waals surface area (Å²) in [7, 11) is 1.62. The van der Waals surface area contributed by atoms with Gasteiger partial charge in [0, 0.05) is 19.5 Å². The van der Waals surface area contributed by atoms with Gasteiger partial charge in [-0.3, -0.25) is 9.59 Å². The summed E-state index contributed by atoms with van der Waals surface area (Å²) in [4.78, 5) is 26.4. The van der Waals surface area contributed by atoms with Crippen molar-refractivity contribution in [2.45, 2.75) is 31.1 Å². The SMILES string of the molecule is COc1cccc(CCC(=O)N2CCC(C(=O)O)(c3ccccc3)CC2)c1. The standard InChI is InChI=1S/C22H25NO4/c1-27-19-9-5-6-17(16-19)10-11-20(24)23-14-12-22(13-15-23,21(25)26)18-7-3-2-4-8-18/h2-9,16H,10-15H2,1H3,(H,25,26). The summed E-state index contributed by atoms with van der Waals surface area (Å²) >= 11 is 0. The minimum absolute atomic E-state index is 0.0740. The van der Waals surface area contributed by atoms with Crippen molar-refractivity contribution < 1.29 is 19.4 Å². The third-order valence-electron chi connectivity index (χ3n) is 5.47. The average Bonchev–Trinajstić information content (AvgIpc) is 2.72. The molecule has 1 heterocycles. The first-order chi connectivity index (χ1) is 13.0. The number of likely N-dealkylation sites (tertiary alicyclic amines) is 1. The van der Waals surface area contributed by atoms with Crippen LogP contribution in [0.1, 0.15) is 30.4 Å². The summed E-state index contributed by atoms with van der Waals surface area (Å²) in [6.07, 6.45) is 1.95. The quantitative estimate of drug-likeness (QED) is 0.851. The highest BCUT2D eigenvalue weighted by atomic mass is 16.5. The van der Waals surface area contributed by atoms with E-state index in [1.54, 1.807) is 12.0 Å². The molecule has 1 saturated heterocycles. The number of nitrogens with zero attached hydrogens (tertiary/aromatic N) is 1. The summed E-state index contributed by atoms with van der Waals surface area (Å²) in [6, 6.07) is 17.1. The van der Waals surface area contributed by atoms with Crippen LogP contribution in [0.5, 0.6) is 5.75 Å². The van der Waals surface area contributed by atoms with Crippen molar-refractivity contribution in [2.24, 2.45) is 0 Å². The predicted octanol–water partition coefficient (Wildman–Crippen LogP) is 3.27. The molecule has 0 unspecified atom stereocenters. The van der Waals surface area contributed by atoms with Crippen LogP contribution in [0.2, 0.25) is 0 Å². The molecule has 0 aliphatic carbocycles. The molecule has 0 aromatic heterocycles. The summed E-state index contributed by atoms with van der Waals surface area (Å²) in [6.45, 7) is 0.941. The normalized spacial score (nSPS) is 16.0. The van der Waals surface area contributed by atoms with Crippen molar-refractivity contribution in [3.8, 4) is 5.75 Å². The van der Waals surface area contributed by atoms with E-state index in [-0.39, 0.29) is 5.91 Å². The maximum Gasteiger partial charge on any atom is 0.314 e. The Morgan fingerprint density at radius 1 is 1.07 bits per heavy atom. The van der Waals surface area contributed by atoms with E-state index in [2.05, 4.69) is 0 Å². The molecule has 2 aromatic rings. The zero-order chi connectivity index (χ0) is 19.3. The van der Waals surface area contributed by atoms with Crippen LogP contribution in [0, 0.1) is 0 Å². The highest BCUT2D eigenvalue weighted by Crippen LogP contribution is 2.36. The summed E-state index contributed by atoms with van der Waals surface area (Å²) in [5.41, 5.74) is 0.982. The third-order valence-corrected chi connectivity index (χ3v) is 5.47. The van der Waals surface area contributed by atoms with E-state index in [0.29, 0.717) is 38.8 Å². The van der Waals surface area contributed by atoms with Crippen LogP contribution >= 0.6 is 0 Å². The van der Waals surface area contributed by atoms with E-state index in [1.165, 1.54) is 0 Å². The third kappa shape index (κ3) is 4.13. The monoisotopic (exact) mass is 367 g/mol. The second kappa shape index (κ2) is 8.25. The van der Waals surface area contributed by atoms with Crippen LogP contribution in [0.25, 0.3) is 0 Å². The molecular formula is C22H25NO4. The Labute approximate surface area is 159 Å². The molecule has 142 valence electrons. The van der Waals surface area contributed by atoms with E-state index in [4.69, 9.17) is 4.74 Å². The Morgan fingerprint density at radius 3 is 2.41 bits per heavy atom. The van der Waals surface area contributed by atoms with Gasteiger partial charge in [0.05, 0.1) is 12.5 Å². The van der Waals surface area contributed by atoms with Crippen LogP contribution in [0.4, 0.5) is 0 Å². The zero-order valence-corrected chi connectivity index (χ0v) is 15.6. The van der Waals surface area contributed by atoms with Gasteiger partial charge in [-0.1, -0.05) is 42.5 Å². The zero-order valence-electron chi connectivity index (χ0n) is 15.6. The van der Waals surface area contributed by atoms with Gasteiger partial charge in [0.15, 0.2) is 0 Å². The number of hydrogen-bond acceptors (Lipinski definition) is 3. The van der Waals surface area contributed by atoms with Gasteiger partial charge in [0.1, 0.15) is 5.75 Å². The fraction of sp³-hybridized carbons (Fsp3) is 0.364. The van der Waals surface area contributed by atoms with Crippen molar-refractivity contribution in [1.82, 2.24) is 4.90 Å². The number of hydrogen-bond donors (Lipinski definition) is 1. The van der Waals surface area contributed by atoms with Gasteiger partial charge in [-0.2, -0.15) is 0 Å². The van der Waals surface area contributed by atoms with E-state index >= 15 is 0 Å². The topological polar surface area (TPSA) is 66.8 Å². The molecule has 1 fully saturated rings. The van der Waals surface area contributed by atoms with Gasteiger partial charge in [-0.25, -0.2) is 0 Å². The number of aryl methyl sites for hydroxylation is 1. The van der Waals surface area contributed by atoms with E-state index < -0.39 is 11.4 Å². The summed E-state index contributed by atoms with van der Waals surface area (Å²) in [5.74, 6) is 0.0501. The molecule has 0 radical (unpaired) electrons. The fourth-order valence-electron chi connectivity index (χ4n) is 3.76. The first kappa shape index (κ1) is 19.0. The first-order valence-electron chi connectivity index (χ1n) is 9.25. The van der Waals surface area contributed by atoms with Gasteiger partial charge in [-0.15, -0.1) is 0 Å². The largest absolute Gasteiger partial charge is 0.497 e. The van der Waals surface area contributed by atoms with Crippen LogP contribution in [0.3, 0.4) is 0 Å². The number of benzene rings is 2. The lowest BCUT2D eigenvalue weighted by atomic mass is 9.73. The summed E-state index contributed by atoms with van der Waals surface area (Å²) in [5, 5.41) is 9.85. The van der Waals surface area contributed by atoms with E-state index in [0.717, 1.165) is 16.9 Å². The number of carbonyl (C=O) groups excluding carboxylic acids is 1. The van der Waals surface area contributed by atoms with Gasteiger partial charge < -0.3 is 14.7 Å². The number of carbonyl (C=O) groups is 2. The van der Waals surface area contributed by atoms with Gasteiger partial charge in [-0.05, 0) is 42.5 Å². The predicted molar refractivity (Wildman–Crippen MR) is 103 cm³/mol. The lowest BCUT2D eigenvalue weighted by Gasteiger charge is -2.39. The second-order valence-corrected chi connectivity index (χ2v) is 6.99. The maximum atomic E-state index is 12.6. The second-order valence-electron chi connectivity index (χ2n) is 6.99.